The molecule has 1 unspecified atom stereocenters. The summed E-state index contributed by atoms with van der Waals surface area (Å²) in [5.41, 5.74) is 1.26. The van der Waals surface area contributed by atoms with Crippen LogP contribution in [0, 0.1) is 0 Å². The number of carboxylic acids is 1. The van der Waals surface area contributed by atoms with Gasteiger partial charge < -0.3 is 10.4 Å². The van der Waals surface area contributed by atoms with Gasteiger partial charge in [-0.25, -0.2) is 4.79 Å². The van der Waals surface area contributed by atoms with Gasteiger partial charge in [0, 0.05) is 12.0 Å². The zero-order chi connectivity index (χ0) is 21.4. The van der Waals surface area contributed by atoms with Crippen LogP contribution in [0.4, 0.5) is 8.78 Å². The number of halogens is 2. The van der Waals surface area contributed by atoms with Crippen molar-refractivity contribution in [2.24, 2.45) is 0 Å². The minimum absolute atomic E-state index is 0.00923. The summed E-state index contributed by atoms with van der Waals surface area (Å²) in [6, 6.07) is 13.0. The maximum atomic E-state index is 12.2. The van der Waals surface area contributed by atoms with Crippen LogP contribution in [0.2, 0.25) is 0 Å². The molecule has 0 aliphatic carbocycles. The van der Waals surface area contributed by atoms with E-state index < -0.39 is 34.6 Å². The van der Waals surface area contributed by atoms with Crippen LogP contribution in [0.1, 0.15) is 21.5 Å². The van der Waals surface area contributed by atoms with Gasteiger partial charge in [0.15, 0.2) is 0 Å². The van der Waals surface area contributed by atoms with Crippen molar-refractivity contribution in [3.05, 3.63) is 76.7 Å². The Hall–Kier alpha value is -3.11. The van der Waals surface area contributed by atoms with E-state index in [1.165, 1.54) is 24.3 Å². The molecule has 0 aliphatic heterocycles. The second kappa shape index (κ2) is 9.89. The van der Waals surface area contributed by atoms with Crippen LogP contribution in [0.3, 0.4) is 0 Å². The Kier molecular flexibility index (Phi) is 7.57. The van der Waals surface area contributed by atoms with Gasteiger partial charge in [-0.15, -0.1) is 0 Å². The first-order chi connectivity index (χ1) is 13.7. The highest BCUT2D eigenvalue weighted by atomic mass is 32.2. The van der Waals surface area contributed by atoms with Crippen molar-refractivity contribution >= 4 is 28.1 Å². The Morgan fingerprint density at radius 1 is 1.07 bits per heavy atom. The number of carboxylic acid groups (broad SMARTS) is 1. The first-order valence-electron chi connectivity index (χ1n) is 8.23. The van der Waals surface area contributed by atoms with E-state index in [9.17, 15) is 31.9 Å². The first kappa shape index (κ1) is 22.2. The highest BCUT2D eigenvalue weighted by molar-refractivity contribution is 7.89. The normalized spacial score (nSPS) is 12.8. The van der Waals surface area contributed by atoms with Crippen LogP contribution in [0.15, 0.2) is 60.0 Å². The molecule has 0 aliphatic rings. The molecule has 0 saturated carbocycles. The Bertz CT molecular complexity index is 976. The fourth-order valence-corrected chi connectivity index (χ4v) is 2.92. The quantitative estimate of drug-likeness (QED) is 0.598. The van der Waals surface area contributed by atoms with Crippen molar-refractivity contribution in [3.63, 3.8) is 0 Å². The molecule has 29 heavy (non-hydrogen) atoms. The zero-order valence-corrected chi connectivity index (χ0v) is 15.7. The Morgan fingerprint density at radius 2 is 1.69 bits per heavy atom. The van der Waals surface area contributed by atoms with E-state index in [-0.39, 0.29) is 6.42 Å². The molecule has 0 heterocycles. The van der Waals surface area contributed by atoms with E-state index in [4.69, 9.17) is 0 Å². The second-order valence-electron chi connectivity index (χ2n) is 5.83. The van der Waals surface area contributed by atoms with Gasteiger partial charge in [-0.1, -0.05) is 42.5 Å². The molecule has 2 aromatic rings. The van der Waals surface area contributed by atoms with Crippen molar-refractivity contribution < 1.29 is 36.1 Å². The average molecular weight is 425 g/mol. The molecule has 0 spiro atoms. The lowest BCUT2D eigenvalue weighted by atomic mass is 10.0. The monoisotopic (exact) mass is 425 g/mol. The van der Waals surface area contributed by atoms with Crippen molar-refractivity contribution in [2.45, 2.75) is 19.1 Å². The summed E-state index contributed by atoms with van der Waals surface area (Å²) in [6.45, 7) is -3.45. The van der Waals surface area contributed by atoms with Crippen LogP contribution in [-0.2, 0) is 25.5 Å². The molecule has 2 rings (SSSR count). The standard InChI is InChI=1S/C19H17F2NO6S/c20-19(21)28-29(26,27)11-10-13-6-8-14(9-7-13)12-16(18(24)25)22-17(23)15-4-2-1-3-5-15/h1-11,16,19H,12H2,(H,22,23)(H,24,25)/b11-10+. The number of hydrogen-bond donors (Lipinski definition) is 2. The van der Waals surface area contributed by atoms with E-state index in [0.29, 0.717) is 22.1 Å². The van der Waals surface area contributed by atoms with Crippen molar-refractivity contribution in [1.82, 2.24) is 5.32 Å². The minimum atomic E-state index is -4.52. The van der Waals surface area contributed by atoms with Gasteiger partial charge in [-0.2, -0.15) is 21.4 Å². The summed E-state index contributed by atoms with van der Waals surface area (Å²) in [5.74, 6) is -1.74. The molecule has 0 fully saturated rings. The third kappa shape index (κ3) is 7.43. The predicted octanol–water partition coefficient (Wildman–Crippen LogP) is 2.65. The molecule has 0 saturated heterocycles. The van der Waals surface area contributed by atoms with Crippen molar-refractivity contribution in [1.29, 1.82) is 0 Å². The van der Waals surface area contributed by atoms with Gasteiger partial charge in [-0.05, 0) is 29.3 Å². The maximum Gasteiger partial charge on any atom is 0.359 e. The molecule has 10 heteroatoms. The molecule has 2 aromatic carbocycles. The molecule has 1 amide bonds. The van der Waals surface area contributed by atoms with Crippen LogP contribution in [-0.4, -0.2) is 38.1 Å². The molecule has 0 radical (unpaired) electrons. The summed E-state index contributed by atoms with van der Waals surface area (Å²) in [4.78, 5) is 23.6. The smallest absolute Gasteiger partial charge is 0.359 e. The largest absolute Gasteiger partial charge is 0.480 e. The average Bonchev–Trinajstić information content (AvgIpc) is 2.66. The first-order valence-corrected chi connectivity index (χ1v) is 9.70. The van der Waals surface area contributed by atoms with Crippen LogP contribution < -0.4 is 5.32 Å². The van der Waals surface area contributed by atoms with Crippen LogP contribution >= 0.6 is 0 Å². The summed E-state index contributed by atoms with van der Waals surface area (Å²) >= 11 is 0. The Morgan fingerprint density at radius 3 is 2.24 bits per heavy atom. The molecule has 7 nitrogen and oxygen atoms in total. The number of rotatable bonds is 9. The van der Waals surface area contributed by atoms with Crippen molar-refractivity contribution in [3.8, 4) is 0 Å². The summed E-state index contributed by atoms with van der Waals surface area (Å²) < 4.78 is 49.9. The highest BCUT2D eigenvalue weighted by Crippen LogP contribution is 2.12. The maximum absolute atomic E-state index is 12.2. The van der Waals surface area contributed by atoms with Crippen LogP contribution in [0.5, 0.6) is 0 Å². The van der Waals surface area contributed by atoms with Gasteiger partial charge in [0.05, 0.1) is 5.41 Å². The molecule has 0 aromatic heterocycles. The summed E-state index contributed by atoms with van der Waals surface area (Å²) in [5, 5.41) is 12.3. The lowest BCUT2D eigenvalue weighted by Crippen LogP contribution is -2.42. The van der Waals surface area contributed by atoms with E-state index in [2.05, 4.69) is 9.50 Å². The van der Waals surface area contributed by atoms with Gasteiger partial charge >= 0.3 is 12.6 Å². The number of aliphatic carboxylic acids is 1. The van der Waals surface area contributed by atoms with E-state index in [1.807, 2.05) is 0 Å². The number of benzene rings is 2. The lowest BCUT2D eigenvalue weighted by Gasteiger charge is -2.15. The highest BCUT2D eigenvalue weighted by Gasteiger charge is 2.21. The summed E-state index contributed by atoms with van der Waals surface area (Å²) in [6.07, 6.45) is 1.05. The minimum Gasteiger partial charge on any atom is -0.480 e. The number of amides is 1. The number of carbonyl (C=O) groups excluding carboxylic acids is 1. The van der Waals surface area contributed by atoms with Gasteiger partial charge in [0.1, 0.15) is 6.04 Å². The third-order valence-electron chi connectivity index (χ3n) is 3.69. The fraction of sp³-hybridized carbons (Fsp3) is 0.158. The molecule has 2 N–H and O–H groups in total. The van der Waals surface area contributed by atoms with E-state index in [0.717, 1.165) is 6.08 Å². The van der Waals surface area contributed by atoms with E-state index >= 15 is 0 Å². The van der Waals surface area contributed by atoms with Crippen LogP contribution in [0.25, 0.3) is 6.08 Å². The molecule has 154 valence electrons. The summed E-state index contributed by atoms with van der Waals surface area (Å²) in [7, 11) is -4.52. The molecule has 1 atom stereocenters. The Balaban J connectivity index is 2.04. The topological polar surface area (TPSA) is 110 Å². The molecular weight excluding hydrogens is 408 g/mol. The number of nitrogens with one attached hydrogen (secondary N) is 1. The number of hydrogen-bond acceptors (Lipinski definition) is 5. The van der Waals surface area contributed by atoms with E-state index in [1.54, 1.807) is 30.3 Å². The van der Waals surface area contributed by atoms with Crippen molar-refractivity contribution in [2.75, 3.05) is 0 Å². The van der Waals surface area contributed by atoms with Gasteiger partial charge in [-0.3, -0.25) is 4.79 Å². The number of carbonyl (C=O) groups is 2. The fourth-order valence-electron chi connectivity index (χ4n) is 2.33. The third-order valence-corrected chi connectivity index (χ3v) is 4.58. The van der Waals surface area contributed by atoms with Gasteiger partial charge in [0.25, 0.3) is 16.0 Å². The SMILES string of the molecule is O=C(NC(Cc1ccc(/C=C/S(=O)(=O)OC(F)F)cc1)C(=O)O)c1ccccc1. The second-order valence-corrected chi connectivity index (χ2v) is 7.28. The van der Waals surface area contributed by atoms with Gasteiger partial charge in [0.2, 0.25) is 0 Å². The zero-order valence-electron chi connectivity index (χ0n) is 14.9. The molecule has 0 bridgehead atoms. The number of alkyl halides is 2. The molecular formula is C19H17F2NO6S. The Labute approximate surface area is 165 Å². The predicted molar refractivity (Wildman–Crippen MR) is 101 cm³/mol. The lowest BCUT2D eigenvalue weighted by molar-refractivity contribution is -0.139.